The second kappa shape index (κ2) is 8.38. The minimum atomic E-state index is -0.469. The van der Waals surface area contributed by atoms with E-state index >= 15 is 0 Å². The van der Waals surface area contributed by atoms with Gasteiger partial charge >= 0.3 is 12.0 Å². The second-order valence-electron chi connectivity index (χ2n) is 4.61. The number of para-hydroxylation sites is 1. The molecule has 0 aliphatic heterocycles. The van der Waals surface area contributed by atoms with Crippen LogP contribution in [0.15, 0.2) is 60.8 Å². The highest BCUT2D eigenvalue weighted by molar-refractivity contribution is 6.01. The molecule has 0 aliphatic rings. The smallest absolute Gasteiger partial charge is 0.340 e. The van der Waals surface area contributed by atoms with E-state index in [0.717, 1.165) is 5.56 Å². The van der Waals surface area contributed by atoms with E-state index in [1.807, 2.05) is 30.3 Å². The molecule has 0 saturated carbocycles. The van der Waals surface area contributed by atoms with Crippen molar-refractivity contribution in [2.45, 2.75) is 6.92 Å². The molecule has 0 radical (unpaired) electrons. The zero-order valence-electron chi connectivity index (χ0n) is 12.8. The van der Waals surface area contributed by atoms with Crippen LogP contribution in [0.25, 0.3) is 6.08 Å². The Hall–Kier alpha value is -3.08. The van der Waals surface area contributed by atoms with Crippen molar-refractivity contribution in [3.8, 4) is 0 Å². The van der Waals surface area contributed by atoms with Gasteiger partial charge in [0.05, 0.1) is 17.9 Å². The molecule has 118 valence electrons. The van der Waals surface area contributed by atoms with Gasteiger partial charge in [-0.3, -0.25) is 0 Å². The molecule has 2 aromatic carbocycles. The van der Waals surface area contributed by atoms with Crippen molar-refractivity contribution < 1.29 is 14.3 Å². The third kappa shape index (κ3) is 5.00. The van der Waals surface area contributed by atoms with Crippen LogP contribution in [0.4, 0.5) is 10.5 Å². The summed E-state index contributed by atoms with van der Waals surface area (Å²) in [5.41, 5.74) is 1.69. The zero-order valence-corrected chi connectivity index (χ0v) is 12.8. The molecule has 5 nitrogen and oxygen atoms in total. The Morgan fingerprint density at radius 1 is 1.04 bits per heavy atom. The van der Waals surface area contributed by atoms with E-state index in [1.165, 1.54) is 6.20 Å². The van der Waals surface area contributed by atoms with Gasteiger partial charge in [0.15, 0.2) is 0 Å². The molecule has 0 atom stereocenters. The molecule has 0 unspecified atom stereocenters. The van der Waals surface area contributed by atoms with Gasteiger partial charge < -0.3 is 15.4 Å². The summed E-state index contributed by atoms with van der Waals surface area (Å²) < 4.78 is 4.96. The van der Waals surface area contributed by atoms with Crippen LogP contribution in [0, 0.1) is 0 Å². The number of nitrogens with one attached hydrogen (secondary N) is 2. The minimum absolute atomic E-state index is 0.277. The van der Waals surface area contributed by atoms with Crippen LogP contribution >= 0.6 is 0 Å². The fraction of sp³-hybridized carbons (Fsp3) is 0.111. The second-order valence-corrected chi connectivity index (χ2v) is 4.61. The molecule has 0 bridgehead atoms. The lowest BCUT2D eigenvalue weighted by Gasteiger charge is -2.09. The highest BCUT2D eigenvalue weighted by atomic mass is 16.5. The van der Waals surface area contributed by atoms with E-state index < -0.39 is 12.0 Å². The molecule has 0 saturated heterocycles. The van der Waals surface area contributed by atoms with Crippen LogP contribution in [0.3, 0.4) is 0 Å². The lowest BCUT2D eigenvalue weighted by Crippen LogP contribution is -2.25. The summed E-state index contributed by atoms with van der Waals surface area (Å²) in [5.74, 6) is -0.469. The van der Waals surface area contributed by atoms with Gasteiger partial charge in [-0.25, -0.2) is 9.59 Å². The SMILES string of the molecule is CCOC(=O)c1ccccc1NC(=O)N/C=C/c1ccccc1. The standard InChI is InChI=1S/C18H18N2O3/c1-2-23-17(21)15-10-6-7-11-16(15)20-18(22)19-13-12-14-8-4-3-5-9-14/h3-13H,2H2,1H3,(H2,19,20,22)/b13-12+. The van der Waals surface area contributed by atoms with Gasteiger partial charge in [-0.15, -0.1) is 0 Å². The fourth-order valence-electron chi connectivity index (χ4n) is 1.92. The molecular formula is C18H18N2O3. The van der Waals surface area contributed by atoms with Crippen LogP contribution in [-0.4, -0.2) is 18.6 Å². The van der Waals surface area contributed by atoms with Crippen molar-refractivity contribution >= 4 is 23.8 Å². The van der Waals surface area contributed by atoms with Crippen molar-refractivity contribution in [1.29, 1.82) is 0 Å². The average molecular weight is 310 g/mol. The van der Waals surface area contributed by atoms with Gasteiger partial charge in [0.25, 0.3) is 0 Å². The van der Waals surface area contributed by atoms with Crippen molar-refractivity contribution in [3.63, 3.8) is 0 Å². The average Bonchev–Trinajstić information content (AvgIpc) is 2.56. The lowest BCUT2D eigenvalue weighted by molar-refractivity contribution is 0.0527. The number of carbonyl (C=O) groups excluding carboxylic acids is 2. The minimum Gasteiger partial charge on any atom is -0.462 e. The number of carbonyl (C=O) groups is 2. The van der Waals surface area contributed by atoms with Gasteiger partial charge in [0, 0.05) is 6.20 Å². The summed E-state index contributed by atoms with van der Waals surface area (Å²) in [6, 6.07) is 15.9. The predicted molar refractivity (Wildman–Crippen MR) is 90.0 cm³/mol. The third-order valence-corrected chi connectivity index (χ3v) is 2.96. The Balaban J connectivity index is 1.98. The molecule has 0 heterocycles. The Labute approximate surface area is 135 Å². The molecule has 5 heteroatoms. The van der Waals surface area contributed by atoms with Crippen molar-refractivity contribution in [2.75, 3.05) is 11.9 Å². The molecule has 0 spiro atoms. The largest absolute Gasteiger partial charge is 0.462 e. The molecule has 23 heavy (non-hydrogen) atoms. The van der Waals surface area contributed by atoms with E-state index in [4.69, 9.17) is 4.74 Å². The lowest BCUT2D eigenvalue weighted by atomic mass is 10.2. The first-order chi connectivity index (χ1) is 11.2. The molecule has 0 aliphatic carbocycles. The van der Waals surface area contributed by atoms with Gasteiger partial charge in [-0.1, -0.05) is 42.5 Å². The first kappa shape index (κ1) is 16.3. The molecule has 2 amide bonds. The molecule has 2 rings (SSSR count). The van der Waals surface area contributed by atoms with E-state index in [1.54, 1.807) is 37.3 Å². The van der Waals surface area contributed by atoms with Crippen LogP contribution in [-0.2, 0) is 4.74 Å². The van der Waals surface area contributed by atoms with E-state index in [0.29, 0.717) is 11.3 Å². The number of rotatable bonds is 5. The Bertz CT molecular complexity index is 696. The maximum Gasteiger partial charge on any atom is 0.340 e. The topological polar surface area (TPSA) is 67.4 Å². The monoisotopic (exact) mass is 310 g/mol. The van der Waals surface area contributed by atoms with E-state index in [9.17, 15) is 9.59 Å². The zero-order chi connectivity index (χ0) is 16.5. The third-order valence-electron chi connectivity index (χ3n) is 2.96. The highest BCUT2D eigenvalue weighted by Gasteiger charge is 2.13. The number of urea groups is 1. The van der Waals surface area contributed by atoms with Crippen LogP contribution < -0.4 is 10.6 Å². The number of ether oxygens (including phenoxy) is 1. The van der Waals surface area contributed by atoms with Gasteiger partial charge in [-0.05, 0) is 30.7 Å². The van der Waals surface area contributed by atoms with Gasteiger partial charge in [0.1, 0.15) is 0 Å². The molecular weight excluding hydrogens is 292 g/mol. The van der Waals surface area contributed by atoms with Crippen molar-refractivity contribution in [1.82, 2.24) is 5.32 Å². The Kier molecular flexibility index (Phi) is 5.94. The fourth-order valence-corrected chi connectivity index (χ4v) is 1.92. The summed E-state index contributed by atoms with van der Waals surface area (Å²) in [4.78, 5) is 23.7. The summed E-state index contributed by atoms with van der Waals surface area (Å²) in [6.07, 6.45) is 3.31. The Morgan fingerprint density at radius 2 is 1.74 bits per heavy atom. The quantitative estimate of drug-likeness (QED) is 0.828. The highest BCUT2D eigenvalue weighted by Crippen LogP contribution is 2.16. The number of hydrogen-bond donors (Lipinski definition) is 2. The first-order valence-electron chi connectivity index (χ1n) is 7.26. The van der Waals surface area contributed by atoms with Gasteiger partial charge in [0.2, 0.25) is 0 Å². The van der Waals surface area contributed by atoms with E-state index in [-0.39, 0.29) is 6.61 Å². The van der Waals surface area contributed by atoms with Crippen LogP contribution in [0.1, 0.15) is 22.8 Å². The van der Waals surface area contributed by atoms with Crippen molar-refractivity contribution in [3.05, 3.63) is 71.9 Å². The summed E-state index contributed by atoms with van der Waals surface area (Å²) in [6.45, 7) is 2.01. The van der Waals surface area contributed by atoms with Crippen LogP contribution in [0.5, 0.6) is 0 Å². The molecule has 2 N–H and O–H groups in total. The number of esters is 1. The van der Waals surface area contributed by atoms with E-state index in [2.05, 4.69) is 10.6 Å². The molecule has 0 aromatic heterocycles. The van der Waals surface area contributed by atoms with Gasteiger partial charge in [-0.2, -0.15) is 0 Å². The number of hydrogen-bond acceptors (Lipinski definition) is 3. The normalized spacial score (nSPS) is 10.3. The predicted octanol–water partition coefficient (Wildman–Crippen LogP) is 3.66. The molecule has 0 fully saturated rings. The maximum absolute atomic E-state index is 11.9. The summed E-state index contributed by atoms with van der Waals surface area (Å²) >= 11 is 0. The Morgan fingerprint density at radius 3 is 2.48 bits per heavy atom. The maximum atomic E-state index is 11.9. The summed E-state index contributed by atoms with van der Waals surface area (Å²) in [7, 11) is 0. The number of anilines is 1. The number of amides is 2. The van der Waals surface area contributed by atoms with Crippen LogP contribution in [0.2, 0.25) is 0 Å². The van der Waals surface area contributed by atoms with Crippen molar-refractivity contribution in [2.24, 2.45) is 0 Å². The molecule has 2 aromatic rings. The first-order valence-corrected chi connectivity index (χ1v) is 7.26. The summed E-state index contributed by atoms with van der Waals surface area (Å²) in [5, 5.41) is 5.23. The number of benzene rings is 2.